The largest absolute Gasteiger partial charge is 0.391 e. The first-order valence-electron chi connectivity index (χ1n) is 3.21. The van der Waals surface area contributed by atoms with E-state index >= 15 is 0 Å². The number of thiophene rings is 1. The van der Waals surface area contributed by atoms with E-state index in [-0.39, 0.29) is 0 Å². The molecule has 0 radical (unpaired) electrons. The summed E-state index contributed by atoms with van der Waals surface area (Å²) in [5.74, 6) is 0. The van der Waals surface area contributed by atoms with Crippen LogP contribution in [0.3, 0.4) is 0 Å². The number of nitrogen functional groups attached to an aromatic ring is 1. The molecular weight excluding hydrogens is 222 g/mol. The van der Waals surface area contributed by atoms with Gasteiger partial charge in [-0.25, -0.2) is 0 Å². The topological polar surface area (TPSA) is 26.0 Å². The third kappa shape index (κ3) is 1.14. The Morgan fingerprint density at radius 2 is 2.18 bits per heavy atom. The molecule has 0 aliphatic carbocycles. The Labute approximate surface area is 77.0 Å². The normalized spacial score (nSPS) is 10.6. The zero-order valence-electron chi connectivity index (χ0n) is 5.67. The summed E-state index contributed by atoms with van der Waals surface area (Å²) < 4.78 is 2.35. The Balaban J connectivity index is 2.90. The number of nitrogens with two attached hydrogens (primary N) is 1. The van der Waals surface area contributed by atoms with Crippen LogP contribution in [0.1, 0.15) is 0 Å². The van der Waals surface area contributed by atoms with Crippen molar-refractivity contribution in [1.82, 2.24) is 0 Å². The van der Waals surface area contributed by atoms with Crippen molar-refractivity contribution in [1.29, 1.82) is 0 Å². The van der Waals surface area contributed by atoms with Crippen molar-refractivity contribution >= 4 is 42.4 Å². The molecule has 0 aliphatic rings. The van der Waals surface area contributed by atoms with E-state index in [0.717, 1.165) is 9.47 Å². The lowest BCUT2D eigenvalue weighted by atomic mass is 10.3. The Kier molecular flexibility index (Phi) is 1.62. The Bertz CT molecular complexity index is 394. The summed E-state index contributed by atoms with van der Waals surface area (Å²) in [7, 11) is 0. The maximum atomic E-state index is 5.66. The fraction of sp³-hybridized carbons (Fsp3) is 0. The van der Waals surface area contributed by atoms with Crippen LogP contribution < -0.4 is 5.73 Å². The van der Waals surface area contributed by atoms with E-state index < -0.39 is 0 Å². The van der Waals surface area contributed by atoms with Gasteiger partial charge in [0, 0.05) is 14.6 Å². The van der Waals surface area contributed by atoms with Gasteiger partial charge in [-0.2, -0.15) is 0 Å². The number of benzene rings is 1. The molecule has 3 heteroatoms. The van der Waals surface area contributed by atoms with Crippen LogP contribution in [0.4, 0.5) is 5.00 Å². The minimum atomic E-state index is 0.868. The Hall–Kier alpha value is -0.540. The maximum absolute atomic E-state index is 5.66. The van der Waals surface area contributed by atoms with Crippen molar-refractivity contribution in [3.8, 4) is 0 Å². The Morgan fingerprint density at radius 1 is 1.36 bits per heavy atom. The van der Waals surface area contributed by atoms with Crippen LogP contribution in [0.25, 0.3) is 10.1 Å². The predicted molar refractivity (Wildman–Crippen MR) is 53.9 cm³/mol. The van der Waals surface area contributed by atoms with Gasteiger partial charge in [-0.05, 0) is 18.2 Å². The minimum Gasteiger partial charge on any atom is -0.391 e. The lowest BCUT2D eigenvalue weighted by molar-refractivity contribution is 1.78. The lowest BCUT2D eigenvalue weighted by Crippen LogP contribution is -1.73. The molecular formula is C8H6BrNS. The second-order valence-electron chi connectivity index (χ2n) is 2.30. The number of anilines is 1. The second kappa shape index (κ2) is 2.50. The van der Waals surface area contributed by atoms with E-state index in [1.54, 1.807) is 11.3 Å². The molecule has 2 N–H and O–H groups in total. The van der Waals surface area contributed by atoms with Gasteiger partial charge in [0.15, 0.2) is 0 Å². The number of rotatable bonds is 0. The smallest absolute Gasteiger partial charge is 0.0869 e. The molecule has 0 spiro atoms. The highest BCUT2D eigenvalue weighted by atomic mass is 79.9. The summed E-state index contributed by atoms with van der Waals surface area (Å²) >= 11 is 5.08. The van der Waals surface area contributed by atoms with Crippen molar-refractivity contribution in [3.05, 3.63) is 28.7 Å². The highest BCUT2D eigenvalue weighted by molar-refractivity contribution is 9.10. The zero-order chi connectivity index (χ0) is 7.84. The number of halogens is 1. The molecule has 0 saturated carbocycles. The first kappa shape index (κ1) is 7.13. The molecule has 0 atom stereocenters. The third-order valence-corrected chi connectivity index (χ3v) is 3.15. The van der Waals surface area contributed by atoms with Crippen LogP contribution in [-0.4, -0.2) is 0 Å². The summed E-state index contributed by atoms with van der Waals surface area (Å²) in [4.78, 5) is 0. The van der Waals surface area contributed by atoms with Gasteiger partial charge in [0.2, 0.25) is 0 Å². The fourth-order valence-electron chi connectivity index (χ4n) is 1.05. The first-order chi connectivity index (χ1) is 5.27. The van der Waals surface area contributed by atoms with Gasteiger partial charge in [-0.15, -0.1) is 11.3 Å². The van der Waals surface area contributed by atoms with E-state index in [1.807, 2.05) is 18.2 Å². The molecule has 1 nitrogen and oxygen atoms in total. The summed E-state index contributed by atoms with van der Waals surface area (Å²) in [6, 6.07) is 8.10. The monoisotopic (exact) mass is 227 g/mol. The SMILES string of the molecule is Nc1cc2c(Br)cccc2s1. The van der Waals surface area contributed by atoms with Crippen LogP contribution in [-0.2, 0) is 0 Å². The molecule has 0 bridgehead atoms. The van der Waals surface area contributed by atoms with Crippen molar-refractivity contribution in [2.45, 2.75) is 0 Å². The maximum Gasteiger partial charge on any atom is 0.0869 e. The number of hydrogen-bond donors (Lipinski definition) is 1. The van der Waals surface area contributed by atoms with Crippen LogP contribution in [0, 0.1) is 0 Å². The van der Waals surface area contributed by atoms with Gasteiger partial charge in [0.25, 0.3) is 0 Å². The predicted octanol–water partition coefficient (Wildman–Crippen LogP) is 3.25. The molecule has 1 aromatic heterocycles. The number of hydrogen-bond acceptors (Lipinski definition) is 2. The lowest BCUT2D eigenvalue weighted by Gasteiger charge is -1.89. The van der Waals surface area contributed by atoms with Gasteiger partial charge in [0.05, 0.1) is 5.00 Å². The van der Waals surface area contributed by atoms with Gasteiger partial charge in [-0.3, -0.25) is 0 Å². The van der Waals surface area contributed by atoms with Crippen molar-refractivity contribution in [3.63, 3.8) is 0 Å². The number of fused-ring (bicyclic) bond motifs is 1. The molecule has 0 saturated heterocycles. The van der Waals surface area contributed by atoms with Crippen LogP contribution in [0.2, 0.25) is 0 Å². The van der Waals surface area contributed by atoms with E-state index in [4.69, 9.17) is 5.73 Å². The fourth-order valence-corrected chi connectivity index (χ4v) is 2.51. The van der Waals surface area contributed by atoms with E-state index in [2.05, 4.69) is 22.0 Å². The summed E-state index contributed by atoms with van der Waals surface area (Å²) in [5, 5.41) is 2.07. The van der Waals surface area contributed by atoms with Crippen molar-refractivity contribution < 1.29 is 0 Å². The van der Waals surface area contributed by atoms with Crippen LogP contribution >= 0.6 is 27.3 Å². The van der Waals surface area contributed by atoms with E-state index in [0.29, 0.717) is 0 Å². The van der Waals surface area contributed by atoms with E-state index in [9.17, 15) is 0 Å². The zero-order valence-corrected chi connectivity index (χ0v) is 8.08. The summed E-state index contributed by atoms with van der Waals surface area (Å²) in [6.45, 7) is 0. The molecule has 0 unspecified atom stereocenters. The van der Waals surface area contributed by atoms with Crippen molar-refractivity contribution in [2.75, 3.05) is 5.73 Å². The highest BCUT2D eigenvalue weighted by Crippen LogP contribution is 2.32. The standard InChI is InChI=1S/C8H6BrNS/c9-6-2-1-3-7-5(6)4-8(10)11-7/h1-4H,10H2. The quantitative estimate of drug-likeness (QED) is 0.735. The van der Waals surface area contributed by atoms with Gasteiger partial charge < -0.3 is 5.73 Å². The molecule has 11 heavy (non-hydrogen) atoms. The van der Waals surface area contributed by atoms with Crippen molar-refractivity contribution in [2.24, 2.45) is 0 Å². The molecule has 56 valence electrons. The molecule has 0 aliphatic heterocycles. The second-order valence-corrected chi connectivity index (χ2v) is 4.27. The van der Waals surface area contributed by atoms with Gasteiger partial charge in [0.1, 0.15) is 0 Å². The molecule has 2 aromatic rings. The first-order valence-corrected chi connectivity index (χ1v) is 4.82. The molecule has 0 fully saturated rings. The van der Waals surface area contributed by atoms with Gasteiger partial charge >= 0.3 is 0 Å². The van der Waals surface area contributed by atoms with Gasteiger partial charge in [-0.1, -0.05) is 22.0 Å². The third-order valence-electron chi connectivity index (χ3n) is 1.53. The van der Waals surface area contributed by atoms with E-state index in [1.165, 1.54) is 10.1 Å². The average Bonchev–Trinajstić information content (AvgIpc) is 2.31. The molecule has 0 amide bonds. The summed E-state index contributed by atoms with van der Waals surface area (Å²) in [6.07, 6.45) is 0. The summed E-state index contributed by atoms with van der Waals surface area (Å²) in [5.41, 5.74) is 5.66. The Morgan fingerprint density at radius 3 is 2.91 bits per heavy atom. The average molecular weight is 228 g/mol. The van der Waals surface area contributed by atoms with Crippen LogP contribution in [0.5, 0.6) is 0 Å². The molecule has 1 aromatic carbocycles. The van der Waals surface area contributed by atoms with Crippen LogP contribution in [0.15, 0.2) is 28.7 Å². The molecule has 1 heterocycles. The minimum absolute atomic E-state index is 0.868. The highest BCUT2D eigenvalue weighted by Gasteiger charge is 2.00. The molecule has 2 rings (SSSR count).